The van der Waals surface area contributed by atoms with Crippen molar-refractivity contribution in [1.82, 2.24) is 29.9 Å². The van der Waals surface area contributed by atoms with Gasteiger partial charge in [-0.15, -0.1) is 10.2 Å². The van der Waals surface area contributed by atoms with Crippen LogP contribution in [0.4, 0.5) is 10.1 Å². The maximum absolute atomic E-state index is 15.7. The van der Waals surface area contributed by atoms with Crippen molar-refractivity contribution in [3.63, 3.8) is 0 Å². The Morgan fingerprint density at radius 2 is 1.94 bits per heavy atom. The van der Waals surface area contributed by atoms with Crippen LogP contribution in [0.25, 0.3) is 11.3 Å². The first-order valence-corrected chi connectivity index (χ1v) is 10.5. The number of nitriles is 1. The number of rotatable bonds is 4. The fourth-order valence-corrected chi connectivity index (χ4v) is 4.35. The summed E-state index contributed by atoms with van der Waals surface area (Å²) in [6, 6.07) is 6.19. The Morgan fingerprint density at radius 1 is 1.16 bits per heavy atom. The van der Waals surface area contributed by atoms with Crippen LogP contribution < -0.4 is 4.90 Å². The van der Waals surface area contributed by atoms with Crippen molar-refractivity contribution in [2.75, 3.05) is 18.0 Å². The standard InChI is InChI=1S/C22H23FN8/c1-14-9-17(12-25-28-14)19-20(16(11-24)10-18(27-19)15-3-4-15)31-7-5-22(23,6-8-31)21-29-26-13-30(21)2/h9-10,12-13,15H,3-8H2,1-2H3. The molecule has 2 fully saturated rings. The lowest BCUT2D eigenvalue weighted by atomic mass is 9.91. The Hall–Kier alpha value is -3.41. The van der Waals surface area contributed by atoms with Gasteiger partial charge in [0.25, 0.3) is 0 Å². The molecule has 9 heteroatoms. The van der Waals surface area contributed by atoms with Gasteiger partial charge < -0.3 is 9.47 Å². The molecule has 5 rings (SSSR count). The molecule has 0 amide bonds. The van der Waals surface area contributed by atoms with Crippen LogP contribution in [0.3, 0.4) is 0 Å². The first-order chi connectivity index (χ1) is 15.0. The van der Waals surface area contributed by atoms with E-state index >= 15 is 4.39 Å². The molecule has 0 bridgehead atoms. The summed E-state index contributed by atoms with van der Waals surface area (Å²) in [4.78, 5) is 7.02. The fraction of sp³-hybridized carbons (Fsp3) is 0.455. The molecular formula is C22H23FN8. The molecule has 3 aromatic heterocycles. The van der Waals surface area contributed by atoms with Crippen molar-refractivity contribution in [2.24, 2.45) is 7.05 Å². The maximum atomic E-state index is 15.7. The van der Waals surface area contributed by atoms with Gasteiger partial charge in [0.05, 0.1) is 28.8 Å². The number of hydrogen-bond donors (Lipinski definition) is 0. The summed E-state index contributed by atoms with van der Waals surface area (Å²) in [5, 5.41) is 25.9. The lowest BCUT2D eigenvalue weighted by Crippen LogP contribution is -2.42. The second kappa shape index (κ2) is 7.38. The van der Waals surface area contributed by atoms with E-state index in [0.29, 0.717) is 30.4 Å². The van der Waals surface area contributed by atoms with Crippen LogP contribution in [0, 0.1) is 18.3 Å². The van der Waals surface area contributed by atoms with Crippen molar-refractivity contribution >= 4 is 5.69 Å². The third-order valence-electron chi connectivity index (χ3n) is 6.16. The van der Waals surface area contributed by atoms with E-state index in [1.807, 2.05) is 19.1 Å². The molecular weight excluding hydrogens is 395 g/mol. The molecule has 8 nitrogen and oxygen atoms in total. The topological polar surface area (TPSA) is 96.4 Å². The minimum absolute atomic E-state index is 0.266. The van der Waals surface area contributed by atoms with Crippen LogP contribution in [-0.2, 0) is 12.7 Å². The van der Waals surface area contributed by atoms with E-state index in [1.165, 1.54) is 6.33 Å². The zero-order chi connectivity index (χ0) is 21.6. The van der Waals surface area contributed by atoms with Gasteiger partial charge in [-0.3, -0.25) is 4.98 Å². The summed E-state index contributed by atoms with van der Waals surface area (Å²) in [6.45, 7) is 2.78. The van der Waals surface area contributed by atoms with Crippen LogP contribution in [-0.4, -0.2) is 43.0 Å². The van der Waals surface area contributed by atoms with Crippen molar-refractivity contribution in [1.29, 1.82) is 5.26 Å². The maximum Gasteiger partial charge on any atom is 0.173 e. The highest BCUT2D eigenvalue weighted by Gasteiger charge is 2.41. The Balaban J connectivity index is 1.54. The monoisotopic (exact) mass is 418 g/mol. The zero-order valence-electron chi connectivity index (χ0n) is 17.6. The Bertz CT molecular complexity index is 1170. The summed E-state index contributed by atoms with van der Waals surface area (Å²) in [7, 11) is 1.76. The summed E-state index contributed by atoms with van der Waals surface area (Å²) in [5.74, 6) is 0.760. The SMILES string of the molecule is Cc1cc(-c2nc(C3CC3)cc(C#N)c2N2CCC(F)(c3nncn3C)CC2)cnn1. The van der Waals surface area contributed by atoms with Gasteiger partial charge in [0.1, 0.15) is 12.4 Å². The predicted molar refractivity (Wildman–Crippen MR) is 112 cm³/mol. The largest absolute Gasteiger partial charge is 0.368 e. The second-order valence-electron chi connectivity index (χ2n) is 8.48. The number of aromatic nitrogens is 6. The average molecular weight is 418 g/mol. The predicted octanol–water partition coefficient (Wildman–Crippen LogP) is 3.19. The number of alkyl halides is 1. The van der Waals surface area contributed by atoms with E-state index in [-0.39, 0.29) is 12.8 Å². The first kappa shape index (κ1) is 19.5. The first-order valence-electron chi connectivity index (χ1n) is 10.5. The van der Waals surface area contributed by atoms with E-state index in [4.69, 9.17) is 4.98 Å². The molecule has 3 aromatic rings. The lowest BCUT2D eigenvalue weighted by molar-refractivity contribution is 0.109. The van der Waals surface area contributed by atoms with Gasteiger partial charge in [0, 0.05) is 50.2 Å². The van der Waals surface area contributed by atoms with Crippen LogP contribution in [0.1, 0.15) is 54.4 Å². The van der Waals surface area contributed by atoms with Crippen molar-refractivity contribution < 1.29 is 4.39 Å². The number of halogens is 1. The Kier molecular flexibility index (Phi) is 4.65. The van der Waals surface area contributed by atoms with Gasteiger partial charge in [0.2, 0.25) is 0 Å². The van der Waals surface area contributed by atoms with Crippen LogP contribution in [0.2, 0.25) is 0 Å². The average Bonchev–Trinajstić information content (AvgIpc) is 3.53. The van der Waals surface area contributed by atoms with E-state index in [0.717, 1.165) is 41.2 Å². The molecule has 0 atom stereocenters. The number of hydrogen-bond acceptors (Lipinski definition) is 7. The fourth-order valence-electron chi connectivity index (χ4n) is 4.35. The summed E-state index contributed by atoms with van der Waals surface area (Å²) in [5.41, 5.74) is 3.07. The lowest BCUT2D eigenvalue weighted by Gasteiger charge is -2.38. The van der Waals surface area contributed by atoms with Crippen molar-refractivity contribution in [3.8, 4) is 17.3 Å². The molecule has 31 heavy (non-hydrogen) atoms. The molecule has 1 saturated carbocycles. The Morgan fingerprint density at radius 3 is 2.55 bits per heavy atom. The van der Waals surface area contributed by atoms with E-state index in [2.05, 4.69) is 31.4 Å². The van der Waals surface area contributed by atoms with Gasteiger partial charge in [-0.05, 0) is 31.9 Å². The van der Waals surface area contributed by atoms with Crippen molar-refractivity contribution in [3.05, 3.63) is 47.4 Å². The molecule has 1 saturated heterocycles. The van der Waals surface area contributed by atoms with Gasteiger partial charge in [-0.25, -0.2) is 4.39 Å². The summed E-state index contributed by atoms with van der Waals surface area (Å²) < 4.78 is 17.3. The van der Waals surface area contributed by atoms with Crippen LogP contribution in [0.15, 0.2) is 24.7 Å². The van der Waals surface area contributed by atoms with Gasteiger partial charge in [-0.1, -0.05) is 0 Å². The number of pyridine rings is 1. The van der Waals surface area contributed by atoms with Gasteiger partial charge in [0.15, 0.2) is 11.5 Å². The summed E-state index contributed by atoms with van der Waals surface area (Å²) >= 11 is 0. The van der Waals surface area contributed by atoms with Gasteiger partial charge >= 0.3 is 0 Å². The van der Waals surface area contributed by atoms with E-state index in [1.54, 1.807) is 17.8 Å². The minimum atomic E-state index is -1.54. The molecule has 4 heterocycles. The third-order valence-corrected chi connectivity index (χ3v) is 6.16. The number of anilines is 1. The molecule has 1 aliphatic carbocycles. The molecule has 0 N–H and O–H groups in total. The van der Waals surface area contributed by atoms with E-state index < -0.39 is 5.67 Å². The Labute approximate surface area is 179 Å². The molecule has 0 radical (unpaired) electrons. The second-order valence-corrected chi connectivity index (χ2v) is 8.48. The molecule has 0 unspecified atom stereocenters. The quantitative estimate of drug-likeness (QED) is 0.642. The highest BCUT2D eigenvalue weighted by Crippen LogP contribution is 2.44. The van der Waals surface area contributed by atoms with Crippen LogP contribution >= 0.6 is 0 Å². The zero-order valence-corrected chi connectivity index (χ0v) is 17.6. The van der Waals surface area contributed by atoms with Crippen LogP contribution in [0.5, 0.6) is 0 Å². The third kappa shape index (κ3) is 3.52. The highest BCUT2D eigenvalue weighted by atomic mass is 19.1. The molecule has 0 spiro atoms. The smallest absolute Gasteiger partial charge is 0.173 e. The van der Waals surface area contributed by atoms with Crippen molar-refractivity contribution in [2.45, 2.75) is 44.2 Å². The van der Waals surface area contributed by atoms with E-state index in [9.17, 15) is 5.26 Å². The number of nitrogens with zero attached hydrogens (tertiary/aromatic N) is 8. The number of piperidine rings is 1. The molecule has 1 aliphatic heterocycles. The molecule has 158 valence electrons. The molecule has 0 aromatic carbocycles. The molecule has 2 aliphatic rings. The normalized spacial score (nSPS) is 18.1. The number of aryl methyl sites for hydroxylation is 2. The minimum Gasteiger partial charge on any atom is -0.368 e. The summed E-state index contributed by atoms with van der Waals surface area (Å²) in [6.07, 6.45) is 5.92. The van der Waals surface area contributed by atoms with Gasteiger partial charge in [-0.2, -0.15) is 15.5 Å². The highest BCUT2D eigenvalue weighted by molar-refractivity contribution is 5.80.